The van der Waals surface area contributed by atoms with E-state index in [1.54, 1.807) is 23.2 Å². The zero-order valence-corrected chi connectivity index (χ0v) is 13.6. The summed E-state index contributed by atoms with van der Waals surface area (Å²) in [4.78, 5) is 30.2. The molecule has 0 aliphatic carbocycles. The Labute approximate surface area is 144 Å². The van der Waals surface area contributed by atoms with Crippen LogP contribution in [0.3, 0.4) is 0 Å². The Hall–Kier alpha value is -3.09. The van der Waals surface area contributed by atoms with Gasteiger partial charge in [-0.25, -0.2) is 0 Å². The number of pyridine rings is 1. The number of phenols is 2. The molecule has 7 heteroatoms. The number of nitrogens with one attached hydrogen (secondary N) is 1. The fourth-order valence-electron chi connectivity index (χ4n) is 2.89. The first kappa shape index (κ1) is 16.8. The molecule has 0 unspecified atom stereocenters. The van der Waals surface area contributed by atoms with Crippen LogP contribution in [0.25, 0.3) is 0 Å². The van der Waals surface area contributed by atoms with E-state index in [0.717, 1.165) is 0 Å². The number of carbonyl (C=O) groups is 2. The lowest BCUT2D eigenvalue weighted by Crippen LogP contribution is -2.46. The van der Waals surface area contributed by atoms with Crippen LogP contribution in [-0.4, -0.2) is 51.0 Å². The topological polar surface area (TPSA) is 103 Å². The summed E-state index contributed by atoms with van der Waals surface area (Å²) in [7, 11) is 0. The van der Waals surface area contributed by atoms with Gasteiger partial charge in [0.2, 0.25) is 0 Å². The third-order valence-corrected chi connectivity index (χ3v) is 4.19. The standard InChI is InChI=1S/C18H19N3O4/c22-15-8-13(9-16(23)10-15)18(25)21-6-3-14(4-7-21)20-17(24)12-2-1-5-19-11-12/h1-2,5,8-11,14,22-23H,3-4,6-7H2,(H,20,24). The highest BCUT2D eigenvalue weighted by atomic mass is 16.3. The number of aromatic hydroxyl groups is 2. The summed E-state index contributed by atoms with van der Waals surface area (Å²) in [6, 6.07) is 7.25. The molecule has 2 amide bonds. The number of rotatable bonds is 3. The van der Waals surface area contributed by atoms with E-state index in [1.165, 1.54) is 24.4 Å². The summed E-state index contributed by atoms with van der Waals surface area (Å²) in [5.74, 6) is -0.719. The van der Waals surface area contributed by atoms with Gasteiger partial charge in [-0.3, -0.25) is 14.6 Å². The third kappa shape index (κ3) is 4.06. The van der Waals surface area contributed by atoms with Gasteiger partial charge in [0, 0.05) is 43.2 Å². The second-order valence-electron chi connectivity index (χ2n) is 6.02. The second kappa shape index (κ2) is 7.21. The van der Waals surface area contributed by atoms with Gasteiger partial charge in [-0.15, -0.1) is 0 Å². The molecule has 7 nitrogen and oxygen atoms in total. The van der Waals surface area contributed by atoms with Gasteiger partial charge in [-0.1, -0.05) is 0 Å². The highest BCUT2D eigenvalue weighted by Crippen LogP contribution is 2.22. The van der Waals surface area contributed by atoms with Crippen molar-refractivity contribution < 1.29 is 19.8 Å². The molecular weight excluding hydrogens is 322 g/mol. The molecule has 1 aliphatic heterocycles. The average Bonchev–Trinajstić information content (AvgIpc) is 2.61. The molecule has 2 aromatic rings. The van der Waals surface area contributed by atoms with Crippen molar-refractivity contribution in [1.82, 2.24) is 15.2 Å². The van der Waals surface area contributed by atoms with Crippen LogP contribution in [0.1, 0.15) is 33.6 Å². The van der Waals surface area contributed by atoms with Crippen LogP contribution in [0, 0.1) is 0 Å². The largest absolute Gasteiger partial charge is 0.508 e. The van der Waals surface area contributed by atoms with E-state index in [9.17, 15) is 19.8 Å². The van der Waals surface area contributed by atoms with E-state index in [0.29, 0.717) is 31.5 Å². The predicted molar refractivity (Wildman–Crippen MR) is 90.4 cm³/mol. The van der Waals surface area contributed by atoms with Crippen molar-refractivity contribution >= 4 is 11.8 Å². The minimum Gasteiger partial charge on any atom is -0.508 e. The molecule has 0 bridgehead atoms. The van der Waals surface area contributed by atoms with Gasteiger partial charge in [0.15, 0.2) is 0 Å². The Bertz CT molecular complexity index is 751. The molecule has 1 aromatic carbocycles. The van der Waals surface area contributed by atoms with E-state index >= 15 is 0 Å². The number of hydrogen-bond acceptors (Lipinski definition) is 5. The molecule has 1 fully saturated rings. The van der Waals surface area contributed by atoms with E-state index in [1.807, 2.05) is 0 Å². The van der Waals surface area contributed by atoms with E-state index in [-0.39, 0.29) is 34.9 Å². The Morgan fingerprint density at radius 3 is 2.36 bits per heavy atom. The van der Waals surface area contributed by atoms with Crippen LogP contribution in [0.15, 0.2) is 42.7 Å². The van der Waals surface area contributed by atoms with Gasteiger partial charge in [-0.2, -0.15) is 0 Å². The lowest BCUT2D eigenvalue weighted by Gasteiger charge is -2.32. The monoisotopic (exact) mass is 341 g/mol. The summed E-state index contributed by atoms with van der Waals surface area (Å²) in [6.45, 7) is 0.987. The first-order chi connectivity index (χ1) is 12.0. The second-order valence-corrected chi connectivity index (χ2v) is 6.02. The molecule has 0 saturated carbocycles. The Balaban J connectivity index is 1.56. The van der Waals surface area contributed by atoms with Crippen molar-refractivity contribution in [1.29, 1.82) is 0 Å². The maximum absolute atomic E-state index is 12.5. The number of benzene rings is 1. The average molecular weight is 341 g/mol. The third-order valence-electron chi connectivity index (χ3n) is 4.19. The highest BCUT2D eigenvalue weighted by molar-refractivity contribution is 5.95. The number of hydrogen-bond donors (Lipinski definition) is 3. The number of phenolic OH excluding ortho intramolecular Hbond substituents is 2. The molecule has 0 radical (unpaired) electrons. The smallest absolute Gasteiger partial charge is 0.254 e. The Morgan fingerprint density at radius 2 is 1.76 bits per heavy atom. The van der Waals surface area contributed by atoms with Gasteiger partial charge < -0.3 is 20.4 Å². The summed E-state index contributed by atoms with van der Waals surface area (Å²) < 4.78 is 0. The number of amides is 2. The molecule has 25 heavy (non-hydrogen) atoms. The molecule has 0 spiro atoms. The van der Waals surface area contributed by atoms with Gasteiger partial charge in [0.25, 0.3) is 11.8 Å². The molecule has 1 saturated heterocycles. The lowest BCUT2D eigenvalue weighted by molar-refractivity contribution is 0.0697. The summed E-state index contributed by atoms with van der Waals surface area (Å²) >= 11 is 0. The predicted octanol–water partition coefficient (Wildman–Crippen LogP) is 1.53. The van der Waals surface area contributed by atoms with Gasteiger partial charge >= 0.3 is 0 Å². The number of likely N-dealkylation sites (tertiary alicyclic amines) is 1. The minimum atomic E-state index is -0.247. The van der Waals surface area contributed by atoms with Gasteiger partial charge in [0.1, 0.15) is 11.5 Å². The summed E-state index contributed by atoms with van der Waals surface area (Å²) in [5.41, 5.74) is 0.756. The zero-order chi connectivity index (χ0) is 17.8. The molecule has 0 atom stereocenters. The van der Waals surface area contributed by atoms with Crippen LogP contribution in [0.4, 0.5) is 0 Å². The zero-order valence-electron chi connectivity index (χ0n) is 13.6. The summed E-state index contributed by atoms with van der Waals surface area (Å²) in [6.07, 6.45) is 4.41. The van der Waals surface area contributed by atoms with Crippen LogP contribution in [0.2, 0.25) is 0 Å². The van der Waals surface area contributed by atoms with E-state index < -0.39 is 0 Å². The molecular formula is C18H19N3O4. The first-order valence-electron chi connectivity index (χ1n) is 8.06. The van der Waals surface area contributed by atoms with Crippen molar-refractivity contribution in [3.63, 3.8) is 0 Å². The molecule has 2 heterocycles. The van der Waals surface area contributed by atoms with Crippen LogP contribution < -0.4 is 5.32 Å². The SMILES string of the molecule is O=C(NC1CCN(C(=O)c2cc(O)cc(O)c2)CC1)c1cccnc1. The van der Waals surface area contributed by atoms with Crippen LogP contribution >= 0.6 is 0 Å². The van der Waals surface area contributed by atoms with Crippen molar-refractivity contribution in [2.24, 2.45) is 0 Å². The maximum Gasteiger partial charge on any atom is 0.254 e. The van der Waals surface area contributed by atoms with Crippen molar-refractivity contribution in [2.45, 2.75) is 18.9 Å². The quantitative estimate of drug-likeness (QED) is 0.786. The van der Waals surface area contributed by atoms with Crippen LogP contribution in [-0.2, 0) is 0 Å². The normalized spacial score (nSPS) is 15.0. The van der Waals surface area contributed by atoms with Crippen molar-refractivity contribution in [3.05, 3.63) is 53.9 Å². The summed E-state index contributed by atoms with van der Waals surface area (Å²) in [5, 5.41) is 22.0. The van der Waals surface area contributed by atoms with Crippen LogP contribution in [0.5, 0.6) is 11.5 Å². The fraction of sp³-hybridized carbons (Fsp3) is 0.278. The maximum atomic E-state index is 12.5. The van der Waals surface area contributed by atoms with E-state index in [4.69, 9.17) is 0 Å². The van der Waals surface area contributed by atoms with Crippen molar-refractivity contribution in [3.8, 4) is 11.5 Å². The molecule has 130 valence electrons. The lowest BCUT2D eigenvalue weighted by atomic mass is 10.0. The first-order valence-corrected chi connectivity index (χ1v) is 8.06. The van der Waals surface area contributed by atoms with Gasteiger partial charge in [-0.05, 0) is 37.1 Å². The molecule has 1 aromatic heterocycles. The van der Waals surface area contributed by atoms with E-state index in [2.05, 4.69) is 10.3 Å². The number of piperidine rings is 1. The Morgan fingerprint density at radius 1 is 1.08 bits per heavy atom. The molecule has 1 aliphatic rings. The molecule has 3 rings (SSSR count). The van der Waals surface area contributed by atoms with Crippen molar-refractivity contribution in [2.75, 3.05) is 13.1 Å². The Kier molecular flexibility index (Phi) is 4.83. The fourth-order valence-corrected chi connectivity index (χ4v) is 2.89. The number of aromatic nitrogens is 1. The minimum absolute atomic E-state index is 0.00525. The number of carbonyl (C=O) groups excluding carboxylic acids is 2. The number of nitrogens with zero attached hydrogens (tertiary/aromatic N) is 2. The van der Waals surface area contributed by atoms with Gasteiger partial charge in [0.05, 0.1) is 5.56 Å². The highest BCUT2D eigenvalue weighted by Gasteiger charge is 2.25. The molecule has 3 N–H and O–H groups in total.